The normalized spacial score (nSPS) is 11.9. The highest BCUT2D eigenvalue weighted by Gasteiger charge is 2.12. The summed E-state index contributed by atoms with van der Waals surface area (Å²) in [5.74, 6) is -0.206. The molecule has 0 saturated heterocycles. The zero-order valence-corrected chi connectivity index (χ0v) is 13.7. The molecule has 24 heavy (non-hydrogen) atoms. The lowest BCUT2D eigenvalue weighted by atomic mass is 10.1. The predicted octanol–water partition coefficient (Wildman–Crippen LogP) is 3.46. The third kappa shape index (κ3) is 4.24. The Kier molecular flexibility index (Phi) is 5.30. The van der Waals surface area contributed by atoms with Crippen LogP contribution in [0.1, 0.15) is 33.5 Å². The fourth-order valence-corrected chi connectivity index (χ4v) is 3.02. The first-order valence-electron chi connectivity index (χ1n) is 7.64. The van der Waals surface area contributed by atoms with E-state index in [0.717, 1.165) is 10.6 Å². The first-order valence-corrected chi connectivity index (χ1v) is 8.46. The second-order valence-corrected chi connectivity index (χ2v) is 6.35. The number of carbonyl (C=O) groups excluding carboxylic acids is 1. The highest BCUT2D eigenvalue weighted by molar-refractivity contribution is 7.15. The molecule has 0 aliphatic heterocycles. The molecule has 0 radical (unpaired) electrons. The molecule has 1 heterocycles. The number of rotatable bonds is 6. The van der Waals surface area contributed by atoms with Crippen molar-refractivity contribution in [1.29, 1.82) is 0 Å². The van der Waals surface area contributed by atoms with E-state index < -0.39 is 6.10 Å². The van der Waals surface area contributed by atoms with Crippen LogP contribution in [0.4, 0.5) is 5.13 Å². The van der Waals surface area contributed by atoms with Crippen molar-refractivity contribution in [3.05, 3.63) is 76.8 Å². The minimum Gasteiger partial charge on any atom is -0.388 e. The molecule has 0 bridgehead atoms. The Hall–Kier alpha value is -2.57. The molecular weight excluding hydrogens is 322 g/mol. The number of aliphatic hydroxyl groups is 1. The van der Waals surface area contributed by atoms with Crippen molar-refractivity contribution in [2.24, 2.45) is 0 Å². The van der Waals surface area contributed by atoms with Crippen molar-refractivity contribution in [3.8, 4) is 0 Å². The summed E-state index contributed by atoms with van der Waals surface area (Å²) in [5, 5.41) is 22.2. The number of aryl methyl sites for hydroxylation is 1. The van der Waals surface area contributed by atoms with E-state index in [1.165, 1.54) is 11.3 Å². The fraction of sp³-hybridized carbons (Fsp3) is 0.167. The average Bonchev–Trinajstić information content (AvgIpc) is 3.08. The largest absolute Gasteiger partial charge is 0.388 e. The van der Waals surface area contributed by atoms with Gasteiger partial charge in [0.25, 0.3) is 5.91 Å². The highest BCUT2D eigenvalue weighted by Crippen LogP contribution is 2.22. The maximum atomic E-state index is 12.1. The number of nitrogens with one attached hydrogen (secondary N) is 1. The Morgan fingerprint density at radius 1 is 1.04 bits per heavy atom. The lowest BCUT2D eigenvalue weighted by molar-refractivity contribution is 0.102. The molecule has 1 amide bonds. The molecule has 6 heteroatoms. The molecule has 0 saturated carbocycles. The Balaban J connectivity index is 1.55. The maximum absolute atomic E-state index is 12.1. The van der Waals surface area contributed by atoms with Gasteiger partial charge >= 0.3 is 0 Å². The molecule has 1 atom stereocenters. The summed E-state index contributed by atoms with van der Waals surface area (Å²) < 4.78 is 0. The van der Waals surface area contributed by atoms with E-state index in [9.17, 15) is 9.90 Å². The van der Waals surface area contributed by atoms with Crippen LogP contribution in [0.5, 0.6) is 0 Å². The molecule has 1 aromatic heterocycles. The lowest BCUT2D eigenvalue weighted by Crippen LogP contribution is -2.11. The minimum atomic E-state index is -0.530. The van der Waals surface area contributed by atoms with E-state index in [1.54, 1.807) is 12.1 Å². The SMILES string of the molecule is O=C(Nc1nnc(CCC(O)c2ccccc2)s1)c1ccccc1. The number of anilines is 1. The van der Waals surface area contributed by atoms with Gasteiger partial charge in [-0.2, -0.15) is 0 Å². The number of amides is 1. The summed E-state index contributed by atoms with van der Waals surface area (Å²) >= 11 is 1.33. The van der Waals surface area contributed by atoms with Gasteiger partial charge in [-0.3, -0.25) is 10.1 Å². The van der Waals surface area contributed by atoms with Gasteiger partial charge in [0.15, 0.2) is 0 Å². The standard InChI is InChI=1S/C18H17N3O2S/c22-15(13-7-3-1-4-8-13)11-12-16-20-21-18(24-16)19-17(23)14-9-5-2-6-10-14/h1-10,15,22H,11-12H2,(H,19,21,23). The zero-order chi connectivity index (χ0) is 16.8. The van der Waals surface area contributed by atoms with E-state index in [4.69, 9.17) is 0 Å². The van der Waals surface area contributed by atoms with Crippen LogP contribution in [0.15, 0.2) is 60.7 Å². The molecule has 2 N–H and O–H groups in total. The third-order valence-corrected chi connectivity index (χ3v) is 4.44. The Labute approximate surface area is 144 Å². The first kappa shape index (κ1) is 16.3. The van der Waals surface area contributed by atoms with Crippen molar-refractivity contribution in [2.45, 2.75) is 18.9 Å². The quantitative estimate of drug-likeness (QED) is 0.721. The minimum absolute atomic E-state index is 0.206. The number of hydrogen-bond donors (Lipinski definition) is 2. The van der Waals surface area contributed by atoms with Crippen LogP contribution in [0.2, 0.25) is 0 Å². The molecule has 3 aromatic rings. The van der Waals surface area contributed by atoms with E-state index in [0.29, 0.717) is 23.5 Å². The van der Waals surface area contributed by atoms with Gasteiger partial charge in [0.1, 0.15) is 5.01 Å². The zero-order valence-electron chi connectivity index (χ0n) is 12.9. The van der Waals surface area contributed by atoms with Gasteiger partial charge in [-0.25, -0.2) is 0 Å². The van der Waals surface area contributed by atoms with Gasteiger partial charge in [-0.1, -0.05) is 59.9 Å². The Morgan fingerprint density at radius 3 is 2.42 bits per heavy atom. The molecule has 0 aliphatic carbocycles. The second kappa shape index (κ2) is 7.81. The van der Waals surface area contributed by atoms with Crippen LogP contribution < -0.4 is 5.32 Å². The van der Waals surface area contributed by atoms with Crippen molar-refractivity contribution < 1.29 is 9.90 Å². The third-order valence-electron chi connectivity index (χ3n) is 3.54. The number of nitrogens with zero attached hydrogens (tertiary/aromatic N) is 2. The van der Waals surface area contributed by atoms with Crippen molar-refractivity contribution in [2.75, 3.05) is 5.32 Å². The van der Waals surface area contributed by atoms with Crippen molar-refractivity contribution >= 4 is 22.4 Å². The number of aliphatic hydroxyl groups excluding tert-OH is 1. The van der Waals surface area contributed by atoms with Gasteiger partial charge in [-0.15, -0.1) is 10.2 Å². The van der Waals surface area contributed by atoms with Gasteiger partial charge in [0.2, 0.25) is 5.13 Å². The molecule has 5 nitrogen and oxygen atoms in total. The van der Waals surface area contributed by atoms with Gasteiger partial charge in [-0.05, 0) is 24.1 Å². The fourth-order valence-electron chi connectivity index (χ4n) is 2.27. The van der Waals surface area contributed by atoms with Crippen molar-refractivity contribution in [3.63, 3.8) is 0 Å². The Bertz CT molecular complexity index is 790. The van der Waals surface area contributed by atoms with E-state index >= 15 is 0 Å². The smallest absolute Gasteiger partial charge is 0.257 e. The molecular formula is C18H17N3O2S. The monoisotopic (exact) mass is 339 g/mol. The van der Waals surface area contributed by atoms with Crippen molar-refractivity contribution in [1.82, 2.24) is 10.2 Å². The molecule has 1 unspecified atom stereocenters. The van der Waals surface area contributed by atoms with E-state index in [-0.39, 0.29) is 5.91 Å². The maximum Gasteiger partial charge on any atom is 0.257 e. The molecule has 2 aromatic carbocycles. The van der Waals surface area contributed by atoms with E-state index in [1.807, 2.05) is 48.5 Å². The Morgan fingerprint density at radius 2 is 1.71 bits per heavy atom. The summed E-state index contributed by atoms with van der Waals surface area (Å²) in [7, 11) is 0. The average molecular weight is 339 g/mol. The van der Waals surface area contributed by atoms with E-state index in [2.05, 4.69) is 15.5 Å². The molecule has 122 valence electrons. The summed E-state index contributed by atoms with van der Waals surface area (Å²) in [6.07, 6.45) is 0.637. The summed E-state index contributed by atoms with van der Waals surface area (Å²) in [6, 6.07) is 18.5. The van der Waals surface area contributed by atoms with Crippen LogP contribution in [0.3, 0.4) is 0 Å². The van der Waals surface area contributed by atoms with Gasteiger partial charge < -0.3 is 5.11 Å². The highest BCUT2D eigenvalue weighted by atomic mass is 32.1. The molecule has 0 spiro atoms. The van der Waals surface area contributed by atoms with Crippen LogP contribution >= 0.6 is 11.3 Å². The summed E-state index contributed by atoms with van der Waals surface area (Å²) in [5.41, 5.74) is 1.47. The second-order valence-electron chi connectivity index (χ2n) is 5.29. The molecule has 3 rings (SSSR count). The van der Waals surface area contributed by atoms with Crippen LogP contribution in [-0.2, 0) is 6.42 Å². The van der Waals surface area contributed by atoms with Gasteiger partial charge in [0.05, 0.1) is 6.10 Å². The number of carbonyl (C=O) groups is 1. The topological polar surface area (TPSA) is 75.1 Å². The van der Waals surface area contributed by atoms with Crippen LogP contribution in [0.25, 0.3) is 0 Å². The van der Waals surface area contributed by atoms with Crippen LogP contribution in [0, 0.1) is 0 Å². The summed E-state index contributed by atoms with van der Waals surface area (Å²) in [6.45, 7) is 0. The number of hydrogen-bond acceptors (Lipinski definition) is 5. The lowest BCUT2D eigenvalue weighted by Gasteiger charge is -2.08. The van der Waals surface area contributed by atoms with Gasteiger partial charge in [0, 0.05) is 12.0 Å². The predicted molar refractivity (Wildman–Crippen MR) is 94.0 cm³/mol. The van der Waals surface area contributed by atoms with Crippen LogP contribution in [-0.4, -0.2) is 21.2 Å². The molecule has 0 aliphatic rings. The number of aromatic nitrogens is 2. The summed E-state index contributed by atoms with van der Waals surface area (Å²) in [4.78, 5) is 12.1. The number of benzene rings is 2. The molecule has 0 fully saturated rings. The first-order chi connectivity index (χ1) is 11.7.